The summed E-state index contributed by atoms with van der Waals surface area (Å²) in [7, 11) is 1.40. The Bertz CT molecular complexity index is 150. The number of hydrogen-bond acceptors (Lipinski definition) is 1. The Morgan fingerprint density at radius 1 is 1.50 bits per heavy atom. The van der Waals surface area contributed by atoms with Gasteiger partial charge < -0.3 is 4.90 Å². The second-order valence-corrected chi connectivity index (χ2v) is 3.03. The highest BCUT2D eigenvalue weighted by atomic mass is 19.3. The Hall–Kier alpha value is -0.670. The SMILES string of the molecule is CCC(C)CN(C)C(=O)C(F)F. The fourth-order valence-electron chi connectivity index (χ4n) is 0.853. The van der Waals surface area contributed by atoms with E-state index in [1.54, 1.807) is 0 Å². The van der Waals surface area contributed by atoms with Crippen molar-refractivity contribution < 1.29 is 13.6 Å². The smallest absolute Gasteiger partial charge is 0.315 e. The highest BCUT2D eigenvalue weighted by Crippen LogP contribution is 2.05. The van der Waals surface area contributed by atoms with Crippen molar-refractivity contribution in [1.82, 2.24) is 4.90 Å². The van der Waals surface area contributed by atoms with Gasteiger partial charge in [0, 0.05) is 13.6 Å². The Kier molecular flexibility index (Phi) is 4.78. The molecule has 0 heterocycles. The molecule has 0 rings (SSSR count). The Morgan fingerprint density at radius 2 is 2.00 bits per heavy atom. The maximum Gasteiger partial charge on any atom is 0.315 e. The van der Waals surface area contributed by atoms with Crippen LogP contribution in [0.1, 0.15) is 20.3 Å². The summed E-state index contributed by atoms with van der Waals surface area (Å²) in [5.74, 6) is -0.812. The van der Waals surface area contributed by atoms with Crippen molar-refractivity contribution in [3.8, 4) is 0 Å². The van der Waals surface area contributed by atoms with Gasteiger partial charge in [-0.1, -0.05) is 20.3 Å². The van der Waals surface area contributed by atoms with Gasteiger partial charge in [-0.3, -0.25) is 4.79 Å². The van der Waals surface area contributed by atoms with Gasteiger partial charge in [-0.05, 0) is 5.92 Å². The van der Waals surface area contributed by atoms with E-state index in [1.165, 1.54) is 7.05 Å². The third-order valence-corrected chi connectivity index (χ3v) is 1.85. The van der Waals surface area contributed by atoms with E-state index in [2.05, 4.69) is 0 Å². The number of rotatable bonds is 4. The molecular weight excluding hydrogens is 164 g/mol. The molecule has 1 amide bonds. The van der Waals surface area contributed by atoms with E-state index in [4.69, 9.17) is 0 Å². The van der Waals surface area contributed by atoms with Crippen LogP contribution in [-0.2, 0) is 4.79 Å². The predicted molar refractivity (Wildman–Crippen MR) is 43.1 cm³/mol. The summed E-state index contributed by atoms with van der Waals surface area (Å²) in [6.45, 7) is 4.29. The highest BCUT2D eigenvalue weighted by molar-refractivity contribution is 5.78. The highest BCUT2D eigenvalue weighted by Gasteiger charge is 2.20. The van der Waals surface area contributed by atoms with Gasteiger partial charge in [0.05, 0.1) is 0 Å². The van der Waals surface area contributed by atoms with Crippen LogP contribution in [0.15, 0.2) is 0 Å². The van der Waals surface area contributed by atoms with Crippen LogP contribution in [0.5, 0.6) is 0 Å². The minimum absolute atomic E-state index is 0.276. The predicted octanol–water partition coefficient (Wildman–Crippen LogP) is 1.76. The summed E-state index contributed by atoms with van der Waals surface area (Å²) >= 11 is 0. The molecule has 0 radical (unpaired) electrons. The van der Waals surface area contributed by atoms with E-state index in [9.17, 15) is 13.6 Å². The van der Waals surface area contributed by atoms with Crippen LogP contribution in [0.2, 0.25) is 0 Å². The molecule has 0 aliphatic carbocycles. The Balaban J connectivity index is 3.86. The van der Waals surface area contributed by atoms with Crippen molar-refractivity contribution >= 4 is 5.91 Å². The van der Waals surface area contributed by atoms with Crippen LogP contribution in [0, 0.1) is 5.92 Å². The number of carbonyl (C=O) groups excluding carboxylic acids is 1. The molecule has 12 heavy (non-hydrogen) atoms. The maximum atomic E-state index is 11.8. The molecule has 0 spiro atoms. The summed E-state index contributed by atoms with van der Waals surface area (Å²) in [5.41, 5.74) is 0. The zero-order valence-corrected chi connectivity index (χ0v) is 7.68. The van der Waals surface area contributed by atoms with Gasteiger partial charge in [-0.15, -0.1) is 0 Å². The molecule has 72 valence electrons. The first-order valence-corrected chi connectivity index (χ1v) is 4.02. The van der Waals surface area contributed by atoms with Crippen LogP contribution in [0.4, 0.5) is 8.78 Å². The third kappa shape index (κ3) is 3.64. The maximum absolute atomic E-state index is 11.8. The van der Waals surface area contributed by atoms with Crippen molar-refractivity contribution in [2.24, 2.45) is 5.92 Å². The van der Waals surface area contributed by atoms with Gasteiger partial charge in [0.25, 0.3) is 5.91 Å². The molecule has 0 aliphatic rings. The number of hydrogen-bond donors (Lipinski definition) is 0. The fraction of sp³-hybridized carbons (Fsp3) is 0.875. The van der Waals surface area contributed by atoms with Crippen LogP contribution < -0.4 is 0 Å². The minimum Gasteiger partial charge on any atom is -0.341 e. The molecule has 0 fully saturated rings. The lowest BCUT2D eigenvalue weighted by molar-refractivity contribution is -0.141. The lowest BCUT2D eigenvalue weighted by Crippen LogP contribution is -2.35. The molecule has 2 nitrogen and oxygen atoms in total. The molecule has 4 heteroatoms. The molecular formula is C8H15F2NO. The van der Waals surface area contributed by atoms with E-state index in [-0.39, 0.29) is 5.92 Å². The van der Waals surface area contributed by atoms with Gasteiger partial charge in [-0.25, -0.2) is 0 Å². The van der Waals surface area contributed by atoms with E-state index in [1.807, 2.05) is 13.8 Å². The molecule has 0 bridgehead atoms. The van der Waals surface area contributed by atoms with Crippen molar-refractivity contribution in [2.45, 2.75) is 26.7 Å². The standard InChI is InChI=1S/C8H15F2NO/c1-4-6(2)5-11(3)8(12)7(9)10/h6-7H,4-5H2,1-3H3. The normalized spacial score (nSPS) is 13.2. The Morgan fingerprint density at radius 3 is 2.33 bits per heavy atom. The molecule has 0 aromatic heterocycles. The van der Waals surface area contributed by atoms with E-state index >= 15 is 0 Å². The monoisotopic (exact) mass is 179 g/mol. The van der Waals surface area contributed by atoms with E-state index in [0.717, 1.165) is 11.3 Å². The lowest BCUT2D eigenvalue weighted by atomic mass is 10.1. The van der Waals surface area contributed by atoms with Crippen LogP contribution in [0.3, 0.4) is 0 Å². The average molecular weight is 179 g/mol. The van der Waals surface area contributed by atoms with Crippen molar-refractivity contribution in [3.05, 3.63) is 0 Å². The van der Waals surface area contributed by atoms with Crippen molar-refractivity contribution in [1.29, 1.82) is 0 Å². The first-order valence-electron chi connectivity index (χ1n) is 4.02. The second-order valence-electron chi connectivity index (χ2n) is 3.03. The summed E-state index contributed by atoms with van der Waals surface area (Å²) < 4.78 is 23.7. The number of amides is 1. The second kappa shape index (κ2) is 5.06. The van der Waals surface area contributed by atoms with Crippen molar-refractivity contribution in [3.63, 3.8) is 0 Å². The topological polar surface area (TPSA) is 20.3 Å². The molecule has 0 aromatic carbocycles. The van der Waals surface area contributed by atoms with Crippen molar-refractivity contribution in [2.75, 3.05) is 13.6 Å². The molecule has 0 saturated heterocycles. The molecule has 0 aromatic rings. The van der Waals surface area contributed by atoms with Crippen LogP contribution in [-0.4, -0.2) is 30.8 Å². The first kappa shape index (κ1) is 11.3. The Labute approximate surface area is 71.5 Å². The number of carbonyl (C=O) groups is 1. The van der Waals surface area contributed by atoms with E-state index < -0.39 is 12.3 Å². The van der Waals surface area contributed by atoms with Gasteiger partial charge in [-0.2, -0.15) is 8.78 Å². The zero-order chi connectivity index (χ0) is 9.72. The number of nitrogens with zero attached hydrogens (tertiary/aromatic N) is 1. The molecule has 0 saturated carbocycles. The lowest BCUT2D eigenvalue weighted by Gasteiger charge is -2.19. The first-order chi connectivity index (χ1) is 5.49. The van der Waals surface area contributed by atoms with Gasteiger partial charge in [0.15, 0.2) is 0 Å². The summed E-state index contributed by atoms with van der Waals surface area (Å²) in [4.78, 5) is 11.8. The van der Waals surface area contributed by atoms with Crippen LogP contribution in [0.25, 0.3) is 0 Å². The van der Waals surface area contributed by atoms with Gasteiger partial charge in [0.1, 0.15) is 0 Å². The zero-order valence-electron chi connectivity index (χ0n) is 7.68. The van der Waals surface area contributed by atoms with Crippen LogP contribution >= 0.6 is 0 Å². The summed E-state index contributed by atoms with van der Waals surface area (Å²) in [6.07, 6.45) is -1.99. The molecule has 0 aliphatic heterocycles. The largest absolute Gasteiger partial charge is 0.341 e. The third-order valence-electron chi connectivity index (χ3n) is 1.85. The van der Waals surface area contributed by atoms with E-state index in [0.29, 0.717) is 6.54 Å². The quantitative estimate of drug-likeness (QED) is 0.644. The summed E-state index contributed by atoms with van der Waals surface area (Å²) in [6, 6.07) is 0. The fourth-order valence-corrected chi connectivity index (χ4v) is 0.853. The van der Waals surface area contributed by atoms with Gasteiger partial charge >= 0.3 is 6.43 Å². The minimum atomic E-state index is -2.88. The van der Waals surface area contributed by atoms with Gasteiger partial charge in [0.2, 0.25) is 0 Å². The molecule has 1 atom stereocenters. The number of halogens is 2. The summed E-state index contributed by atoms with van der Waals surface area (Å²) in [5, 5.41) is 0. The average Bonchev–Trinajstić information content (AvgIpc) is 2.02. The number of alkyl halides is 2. The molecule has 1 unspecified atom stereocenters. The molecule has 0 N–H and O–H groups in total.